The molecule has 1 unspecified atom stereocenters. The first kappa shape index (κ1) is 17.4. The highest BCUT2D eigenvalue weighted by Gasteiger charge is 2.54. The number of hydrogen-bond acceptors (Lipinski definition) is 3. The van der Waals surface area contributed by atoms with Gasteiger partial charge in [-0.3, -0.25) is 4.79 Å². The summed E-state index contributed by atoms with van der Waals surface area (Å²) in [6.07, 6.45) is 4.91. The molecule has 0 bridgehead atoms. The number of carbonyl (C=O) groups excluding carboxylic acids is 1. The summed E-state index contributed by atoms with van der Waals surface area (Å²) >= 11 is 0. The van der Waals surface area contributed by atoms with Gasteiger partial charge in [-0.1, -0.05) is 43.2 Å². The third kappa shape index (κ3) is 3.07. The van der Waals surface area contributed by atoms with Gasteiger partial charge in [0.05, 0.1) is 4.90 Å². The van der Waals surface area contributed by atoms with E-state index in [0.29, 0.717) is 24.3 Å². The van der Waals surface area contributed by atoms with Gasteiger partial charge in [0.15, 0.2) is 0 Å². The van der Waals surface area contributed by atoms with Crippen LogP contribution in [0.5, 0.6) is 0 Å². The number of sulfonamides is 1. The highest BCUT2D eigenvalue weighted by molar-refractivity contribution is 7.89. The van der Waals surface area contributed by atoms with Gasteiger partial charge in [0.1, 0.15) is 5.78 Å². The fraction of sp³-hybridized carbons (Fsp3) is 0.526. The Morgan fingerprint density at radius 3 is 2.50 bits per heavy atom. The van der Waals surface area contributed by atoms with Gasteiger partial charge >= 0.3 is 0 Å². The van der Waals surface area contributed by atoms with Crippen LogP contribution >= 0.6 is 0 Å². The van der Waals surface area contributed by atoms with Crippen LogP contribution in [0.1, 0.15) is 45.4 Å². The smallest absolute Gasteiger partial charge is 0.243 e. The monoisotopic (exact) mass is 347 g/mol. The Morgan fingerprint density at radius 1 is 1.25 bits per heavy atom. The lowest BCUT2D eigenvalue weighted by molar-refractivity contribution is -0.138. The first-order chi connectivity index (χ1) is 11.3. The molecule has 2 aliphatic carbocycles. The molecule has 24 heavy (non-hydrogen) atoms. The molecule has 1 aromatic rings. The molecule has 2 aliphatic rings. The van der Waals surface area contributed by atoms with E-state index >= 15 is 0 Å². The Balaban J connectivity index is 2.00. The highest BCUT2D eigenvalue weighted by Crippen LogP contribution is 2.52. The molecule has 0 aromatic heterocycles. The Kier molecular flexibility index (Phi) is 4.67. The van der Waals surface area contributed by atoms with Crippen molar-refractivity contribution in [2.45, 2.75) is 56.4 Å². The number of nitrogens with zero attached hydrogens (tertiary/aromatic N) is 1. The predicted molar refractivity (Wildman–Crippen MR) is 94.1 cm³/mol. The first-order valence-corrected chi connectivity index (χ1v) is 10.0. The zero-order valence-corrected chi connectivity index (χ0v) is 15.0. The number of hydrogen-bond donors (Lipinski definition) is 0. The fourth-order valence-electron chi connectivity index (χ4n) is 4.24. The van der Waals surface area contributed by atoms with Crippen molar-refractivity contribution < 1.29 is 13.2 Å². The summed E-state index contributed by atoms with van der Waals surface area (Å²) in [7, 11) is -3.60. The van der Waals surface area contributed by atoms with E-state index in [9.17, 15) is 13.2 Å². The van der Waals surface area contributed by atoms with Crippen LogP contribution in [0.15, 0.2) is 47.4 Å². The molecule has 0 aliphatic heterocycles. The van der Waals surface area contributed by atoms with Gasteiger partial charge in [-0.2, -0.15) is 4.31 Å². The first-order valence-electron chi connectivity index (χ1n) is 8.58. The summed E-state index contributed by atoms with van der Waals surface area (Å²) in [5.41, 5.74) is 0.660. The van der Waals surface area contributed by atoms with Gasteiger partial charge in [0, 0.05) is 30.8 Å². The van der Waals surface area contributed by atoms with Gasteiger partial charge < -0.3 is 0 Å². The molecule has 4 nitrogen and oxygen atoms in total. The van der Waals surface area contributed by atoms with E-state index in [1.165, 1.54) is 0 Å². The lowest BCUT2D eigenvalue weighted by atomic mass is 9.57. The number of rotatable bonds is 5. The van der Waals surface area contributed by atoms with Crippen LogP contribution in [0.2, 0.25) is 0 Å². The largest absolute Gasteiger partial charge is 0.300 e. The van der Waals surface area contributed by atoms with Crippen LogP contribution in [0.3, 0.4) is 0 Å². The van der Waals surface area contributed by atoms with E-state index in [1.807, 2.05) is 13.0 Å². The Hall–Kier alpha value is -1.46. The minimum atomic E-state index is -3.60. The molecule has 0 amide bonds. The van der Waals surface area contributed by atoms with Crippen LogP contribution in [-0.2, 0) is 14.8 Å². The molecule has 2 saturated carbocycles. The van der Waals surface area contributed by atoms with Crippen molar-refractivity contribution in [3.63, 3.8) is 0 Å². The summed E-state index contributed by atoms with van der Waals surface area (Å²) in [5, 5.41) is 0. The van der Waals surface area contributed by atoms with Gasteiger partial charge in [0.2, 0.25) is 10.0 Å². The zero-order chi connectivity index (χ0) is 17.4. The summed E-state index contributed by atoms with van der Waals surface area (Å²) in [4.78, 5) is 12.0. The molecule has 130 valence electrons. The van der Waals surface area contributed by atoms with Gasteiger partial charge in [0.25, 0.3) is 0 Å². The van der Waals surface area contributed by atoms with Gasteiger partial charge in [-0.05, 0) is 31.9 Å². The van der Waals surface area contributed by atoms with Crippen LogP contribution in [-0.4, -0.2) is 31.1 Å². The van der Waals surface area contributed by atoms with Crippen molar-refractivity contribution in [2.75, 3.05) is 6.54 Å². The number of carbonyl (C=O) groups is 1. The second-order valence-corrected chi connectivity index (χ2v) is 9.23. The van der Waals surface area contributed by atoms with E-state index in [4.69, 9.17) is 0 Å². The van der Waals surface area contributed by atoms with E-state index < -0.39 is 10.0 Å². The highest BCUT2D eigenvalue weighted by atomic mass is 32.2. The van der Waals surface area contributed by atoms with Crippen LogP contribution in [0, 0.1) is 5.41 Å². The molecule has 1 aromatic carbocycles. The van der Waals surface area contributed by atoms with Crippen molar-refractivity contribution in [2.24, 2.45) is 5.41 Å². The second-order valence-electron chi connectivity index (χ2n) is 7.34. The summed E-state index contributed by atoms with van der Waals surface area (Å²) in [6.45, 7) is 6.10. The molecular formula is C19H25NO3S. The molecule has 2 fully saturated rings. The molecule has 0 heterocycles. The van der Waals surface area contributed by atoms with Crippen LogP contribution in [0.4, 0.5) is 0 Å². The van der Waals surface area contributed by atoms with Crippen molar-refractivity contribution >= 4 is 15.8 Å². The topological polar surface area (TPSA) is 54.5 Å². The Morgan fingerprint density at radius 2 is 1.92 bits per heavy atom. The molecule has 0 N–H and O–H groups in total. The minimum absolute atomic E-state index is 0.106. The van der Waals surface area contributed by atoms with E-state index in [0.717, 1.165) is 31.3 Å². The summed E-state index contributed by atoms with van der Waals surface area (Å²) < 4.78 is 28.2. The zero-order valence-electron chi connectivity index (χ0n) is 14.2. The number of ketones is 1. The van der Waals surface area contributed by atoms with E-state index in [2.05, 4.69) is 6.58 Å². The van der Waals surface area contributed by atoms with E-state index in [-0.39, 0.29) is 17.2 Å². The quantitative estimate of drug-likeness (QED) is 0.766. The minimum Gasteiger partial charge on any atom is -0.300 e. The molecule has 3 rings (SSSR count). The average molecular weight is 347 g/mol. The maximum absolute atomic E-state index is 13.3. The maximum Gasteiger partial charge on any atom is 0.243 e. The van der Waals surface area contributed by atoms with Crippen LogP contribution < -0.4 is 0 Å². The van der Waals surface area contributed by atoms with Crippen LogP contribution in [0.25, 0.3) is 0 Å². The fourth-order valence-corrected chi connectivity index (χ4v) is 6.07. The molecule has 1 spiro atoms. The van der Waals surface area contributed by atoms with Crippen molar-refractivity contribution in [3.8, 4) is 0 Å². The van der Waals surface area contributed by atoms with Gasteiger partial charge in [-0.15, -0.1) is 0 Å². The van der Waals surface area contributed by atoms with Crippen molar-refractivity contribution in [1.29, 1.82) is 0 Å². The second kappa shape index (κ2) is 6.45. The molecule has 0 saturated heterocycles. The molecular weight excluding hydrogens is 322 g/mol. The Labute approximate surface area is 144 Å². The SMILES string of the molecule is C=C(C)CN(C1CCCCC12CC(=O)C2)S(=O)(=O)c1ccccc1. The normalized spacial score (nSPS) is 23.2. The summed E-state index contributed by atoms with van der Waals surface area (Å²) in [5.74, 6) is 0.259. The third-order valence-electron chi connectivity index (χ3n) is 5.33. The lowest BCUT2D eigenvalue weighted by Gasteiger charge is -2.52. The molecule has 0 radical (unpaired) electrons. The van der Waals surface area contributed by atoms with Gasteiger partial charge in [-0.25, -0.2) is 8.42 Å². The van der Waals surface area contributed by atoms with E-state index in [1.54, 1.807) is 28.6 Å². The average Bonchev–Trinajstić information content (AvgIpc) is 2.53. The molecule has 5 heteroatoms. The summed E-state index contributed by atoms with van der Waals surface area (Å²) in [6, 6.07) is 8.48. The predicted octanol–water partition coefficient (Wildman–Crippen LogP) is 3.55. The third-order valence-corrected chi connectivity index (χ3v) is 7.20. The van der Waals surface area contributed by atoms with Crippen molar-refractivity contribution in [3.05, 3.63) is 42.5 Å². The molecule has 1 atom stereocenters. The maximum atomic E-state index is 13.3. The van der Waals surface area contributed by atoms with Crippen molar-refractivity contribution in [1.82, 2.24) is 4.31 Å². The lowest BCUT2D eigenvalue weighted by Crippen LogP contribution is -2.57. The number of Topliss-reactive ketones (excluding diaryl/α,β-unsaturated/α-hetero) is 1. The Bertz CT molecular complexity index is 731. The number of benzene rings is 1. The standard InChI is InChI=1S/C19H25NO3S/c1-15(2)14-20(24(22,23)17-8-4-3-5-9-17)18-10-6-7-11-19(18)12-16(21)13-19/h3-5,8-9,18H,1,6-7,10-14H2,2H3.